The first-order chi connectivity index (χ1) is 17.3. The van der Waals surface area contributed by atoms with Gasteiger partial charge >= 0.3 is 0 Å². The summed E-state index contributed by atoms with van der Waals surface area (Å²) in [5.41, 5.74) is 4.02. The zero-order valence-corrected chi connectivity index (χ0v) is 21.4. The Bertz CT molecular complexity index is 1310. The Morgan fingerprint density at radius 1 is 0.944 bits per heavy atom. The zero-order chi connectivity index (χ0) is 26.1. The van der Waals surface area contributed by atoms with E-state index in [4.69, 9.17) is 14.2 Å². The number of sulfonamides is 1. The van der Waals surface area contributed by atoms with Gasteiger partial charge in [0.25, 0.3) is 15.9 Å². The molecule has 0 aliphatic carbocycles. The fraction of sp³-hybridized carbons (Fsp3) is 0.231. The van der Waals surface area contributed by atoms with Crippen LogP contribution in [-0.4, -0.2) is 47.4 Å². The number of amides is 1. The molecule has 0 spiro atoms. The molecule has 0 aliphatic rings. The van der Waals surface area contributed by atoms with E-state index in [9.17, 15) is 13.2 Å². The number of anilines is 1. The molecule has 3 aromatic carbocycles. The molecule has 0 atom stereocenters. The Morgan fingerprint density at radius 3 is 2.22 bits per heavy atom. The van der Waals surface area contributed by atoms with E-state index in [1.165, 1.54) is 32.4 Å². The molecule has 0 aliphatic heterocycles. The highest BCUT2D eigenvalue weighted by Crippen LogP contribution is 2.33. The Hall–Kier alpha value is -4.05. The molecule has 36 heavy (non-hydrogen) atoms. The van der Waals surface area contributed by atoms with E-state index in [0.29, 0.717) is 23.8 Å². The van der Waals surface area contributed by atoms with Crippen LogP contribution in [0.3, 0.4) is 0 Å². The first-order valence-corrected chi connectivity index (χ1v) is 12.6. The van der Waals surface area contributed by atoms with Crippen LogP contribution in [0.25, 0.3) is 0 Å². The molecule has 9 nitrogen and oxygen atoms in total. The van der Waals surface area contributed by atoms with Gasteiger partial charge in [-0.25, -0.2) is 13.8 Å². The van der Waals surface area contributed by atoms with Gasteiger partial charge in [-0.2, -0.15) is 5.10 Å². The first kappa shape index (κ1) is 26.6. The van der Waals surface area contributed by atoms with E-state index in [2.05, 4.69) is 10.5 Å². The molecular formula is C26H29N3O6S. The Kier molecular flexibility index (Phi) is 8.91. The quantitative estimate of drug-likeness (QED) is 0.310. The number of hydrogen-bond donors (Lipinski definition) is 1. The van der Waals surface area contributed by atoms with E-state index in [1.54, 1.807) is 37.3 Å². The van der Waals surface area contributed by atoms with Gasteiger partial charge in [-0.05, 0) is 67.9 Å². The first-order valence-electron chi connectivity index (χ1n) is 11.2. The van der Waals surface area contributed by atoms with Gasteiger partial charge in [-0.15, -0.1) is 0 Å². The number of benzene rings is 3. The lowest BCUT2D eigenvalue weighted by atomic mass is 10.1. The third kappa shape index (κ3) is 6.33. The molecule has 0 bridgehead atoms. The van der Waals surface area contributed by atoms with Gasteiger partial charge in [0, 0.05) is 6.07 Å². The van der Waals surface area contributed by atoms with Crippen LogP contribution in [0.5, 0.6) is 17.2 Å². The van der Waals surface area contributed by atoms with Gasteiger partial charge in [0.05, 0.1) is 37.1 Å². The SMILES string of the molecule is CCOc1ccc(/C(C)=N\NC(=O)CN(c2ccc(OC)c(OC)c2)S(=O)(=O)c2ccccc2)cc1. The standard InChI is InChI=1S/C26H29N3O6S/c1-5-35-22-14-11-20(12-15-22)19(2)27-28-26(30)18-29(36(31,32)23-9-7-6-8-10-23)21-13-16-24(33-3)25(17-21)34-4/h6-17H,5,18H2,1-4H3,(H,28,30)/b27-19-. The lowest BCUT2D eigenvalue weighted by Gasteiger charge is -2.24. The second kappa shape index (κ2) is 12.1. The molecule has 0 fully saturated rings. The Morgan fingerprint density at radius 2 is 1.61 bits per heavy atom. The van der Waals surface area contributed by atoms with Crippen LogP contribution in [0.2, 0.25) is 0 Å². The lowest BCUT2D eigenvalue weighted by molar-refractivity contribution is -0.119. The van der Waals surface area contributed by atoms with Crippen molar-refractivity contribution >= 4 is 27.3 Å². The van der Waals surface area contributed by atoms with Crippen LogP contribution < -0.4 is 23.9 Å². The fourth-order valence-electron chi connectivity index (χ4n) is 3.35. The maximum absolute atomic E-state index is 13.5. The van der Waals surface area contributed by atoms with Crippen molar-refractivity contribution in [3.63, 3.8) is 0 Å². The Balaban J connectivity index is 1.87. The molecule has 3 aromatic rings. The van der Waals surface area contributed by atoms with Crippen molar-refractivity contribution in [2.24, 2.45) is 5.10 Å². The maximum Gasteiger partial charge on any atom is 0.264 e. The molecule has 1 amide bonds. The van der Waals surface area contributed by atoms with Crippen molar-refractivity contribution in [3.05, 3.63) is 78.4 Å². The molecule has 0 heterocycles. The largest absolute Gasteiger partial charge is 0.494 e. The molecular weight excluding hydrogens is 482 g/mol. The number of carbonyl (C=O) groups is 1. The highest BCUT2D eigenvalue weighted by Gasteiger charge is 2.28. The van der Waals surface area contributed by atoms with Crippen LogP contribution >= 0.6 is 0 Å². The van der Waals surface area contributed by atoms with Crippen molar-refractivity contribution < 1.29 is 27.4 Å². The van der Waals surface area contributed by atoms with E-state index in [1.807, 2.05) is 31.2 Å². The highest BCUT2D eigenvalue weighted by molar-refractivity contribution is 7.92. The number of rotatable bonds is 11. The van der Waals surface area contributed by atoms with Gasteiger partial charge in [-0.1, -0.05) is 18.2 Å². The van der Waals surface area contributed by atoms with Crippen molar-refractivity contribution in [2.45, 2.75) is 18.7 Å². The third-order valence-electron chi connectivity index (χ3n) is 5.20. The molecule has 0 saturated carbocycles. The minimum Gasteiger partial charge on any atom is -0.494 e. The van der Waals surface area contributed by atoms with E-state index in [-0.39, 0.29) is 10.6 Å². The lowest BCUT2D eigenvalue weighted by Crippen LogP contribution is -2.39. The van der Waals surface area contributed by atoms with Gasteiger partial charge < -0.3 is 14.2 Å². The zero-order valence-electron chi connectivity index (χ0n) is 20.6. The fourth-order valence-corrected chi connectivity index (χ4v) is 4.78. The summed E-state index contributed by atoms with van der Waals surface area (Å²) in [4.78, 5) is 12.9. The minimum atomic E-state index is -4.08. The predicted octanol–water partition coefficient (Wildman–Crippen LogP) is 3.84. The molecule has 0 radical (unpaired) electrons. The van der Waals surface area contributed by atoms with Crippen LogP contribution in [0.4, 0.5) is 5.69 Å². The van der Waals surface area contributed by atoms with Crippen LogP contribution in [0.15, 0.2) is 82.8 Å². The monoisotopic (exact) mass is 511 g/mol. The van der Waals surface area contributed by atoms with Crippen molar-refractivity contribution in [3.8, 4) is 17.2 Å². The number of ether oxygens (including phenoxy) is 3. The summed E-state index contributed by atoms with van der Waals surface area (Å²) in [6, 6.07) is 19.8. The number of hydrogen-bond acceptors (Lipinski definition) is 7. The van der Waals surface area contributed by atoms with Crippen LogP contribution in [0, 0.1) is 0 Å². The number of carbonyl (C=O) groups excluding carboxylic acids is 1. The number of nitrogens with one attached hydrogen (secondary N) is 1. The average Bonchev–Trinajstić information content (AvgIpc) is 2.91. The molecule has 3 rings (SSSR count). The predicted molar refractivity (Wildman–Crippen MR) is 138 cm³/mol. The number of hydrazone groups is 1. The van der Waals surface area contributed by atoms with E-state index < -0.39 is 22.5 Å². The topological polar surface area (TPSA) is 107 Å². The number of methoxy groups -OCH3 is 2. The van der Waals surface area contributed by atoms with Crippen LogP contribution in [0.1, 0.15) is 19.4 Å². The third-order valence-corrected chi connectivity index (χ3v) is 6.99. The smallest absolute Gasteiger partial charge is 0.264 e. The van der Waals surface area contributed by atoms with Gasteiger partial charge in [-0.3, -0.25) is 9.10 Å². The average molecular weight is 512 g/mol. The molecule has 0 unspecified atom stereocenters. The van der Waals surface area contributed by atoms with Gasteiger partial charge in [0.15, 0.2) is 11.5 Å². The molecule has 1 N–H and O–H groups in total. The normalized spacial score (nSPS) is 11.5. The molecule has 190 valence electrons. The highest BCUT2D eigenvalue weighted by atomic mass is 32.2. The maximum atomic E-state index is 13.5. The summed E-state index contributed by atoms with van der Waals surface area (Å²) >= 11 is 0. The minimum absolute atomic E-state index is 0.0432. The van der Waals surface area contributed by atoms with Gasteiger partial charge in [0.1, 0.15) is 12.3 Å². The summed E-state index contributed by atoms with van der Waals surface area (Å²) in [5, 5.41) is 4.14. The van der Waals surface area contributed by atoms with Crippen molar-refractivity contribution in [2.75, 3.05) is 31.7 Å². The second-order valence-corrected chi connectivity index (χ2v) is 9.42. The summed E-state index contributed by atoms with van der Waals surface area (Å²) in [6.07, 6.45) is 0. The Labute approximate surface area is 211 Å². The summed E-state index contributed by atoms with van der Waals surface area (Å²) < 4.78 is 44.0. The summed E-state index contributed by atoms with van der Waals surface area (Å²) in [7, 11) is -1.15. The van der Waals surface area contributed by atoms with Crippen molar-refractivity contribution in [1.29, 1.82) is 0 Å². The van der Waals surface area contributed by atoms with Gasteiger partial charge in [0.2, 0.25) is 0 Å². The van der Waals surface area contributed by atoms with E-state index >= 15 is 0 Å². The van der Waals surface area contributed by atoms with Crippen LogP contribution in [-0.2, 0) is 14.8 Å². The molecule has 10 heteroatoms. The second-order valence-electron chi connectivity index (χ2n) is 7.55. The summed E-state index contributed by atoms with van der Waals surface area (Å²) in [5.74, 6) is 0.871. The molecule has 0 saturated heterocycles. The molecule has 0 aromatic heterocycles. The number of nitrogens with zero attached hydrogens (tertiary/aromatic N) is 2. The summed E-state index contributed by atoms with van der Waals surface area (Å²) in [6.45, 7) is 3.69. The van der Waals surface area contributed by atoms with Crippen molar-refractivity contribution in [1.82, 2.24) is 5.43 Å². The van der Waals surface area contributed by atoms with E-state index in [0.717, 1.165) is 15.6 Å².